The first kappa shape index (κ1) is 29.4. The number of aliphatic hydroxyl groups is 1. The number of carbonyl (C=O) groups is 3. The van der Waals surface area contributed by atoms with E-state index >= 15 is 0 Å². The molecule has 4 rings (SSSR count). The largest absolute Gasteiger partial charge is 0.465 e. The first-order valence-corrected chi connectivity index (χ1v) is 12.3. The van der Waals surface area contributed by atoms with E-state index in [-0.39, 0.29) is 17.4 Å². The molecular weight excluding hydrogens is 450 g/mol. The SMILES string of the molecule is CO.COC(=O)c1ccc(C2(NC(=O)CC3CCC3)CC2)cc1.CS.O=CCc1ccccc1. The van der Waals surface area contributed by atoms with Crippen LogP contribution in [0, 0.1) is 5.92 Å². The Bertz CT molecular complexity index is 862. The summed E-state index contributed by atoms with van der Waals surface area (Å²) in [5.41, 5.74) is 2.50. The van der Waals surface area contributed by atoms with Gasteiger partial charge in [0, 0.05) is 20.0 Å². The van der Waals surface area contributed by atoms with E-state index in [4.69, 9.17) is 9.84 Å². The zero-order valence-electron chi connectivity index (χ0n) is 20.3. The Morgan fingerprint density at radius 3 is 2.09 bits per heavy atom. The maximum Gasteiger partial charge on any atom is 0.337 e. The maximum absolute atomic E-state index is 12.1. The second-order valence-corrected chi connectivity index (χ2v) is 8.06. The number of thiol groups is 1. The lowest BCUT2D eigenvalue weighted by atomic mass is 9.82. The van der Waals surface area contributed by atoms with Gasteiger partial charge in [-0.3, -0.25) is 4.79 Å². The molecule has 0 bridgehead atoms. The number of esters is 1. The number of nitrogens with one attached hydrogen (secondary N) is 1. The zero-order chi connectivity index (χ0) is 25.4. The van der Waals surface area contributed by atoms with Crippen LogP contribution in [-0.2, 0) is 26.3 Å². The van der Waals surface area contributed by atoms with Gasteiger partial charge in [-0.05, 0) is 61.1 Å². The summed E-state index contributed by atoms with van der Waals surface area (Å²) in [6, 6.07) is 17.0. The molecule has 2 aromatic rings. The lowest BCUT2D eigenvalue weighted by molar-refractivity contribution is -0.123. The van der Waals surface area contributed by atoms with Crippen LogP contribution < -0.4 is 5.32 Å². The van der Waals surface area contributed by atoms with Crippen molar-refractivity contribution in [1.29, 1.82) is 0 Å². The Morgan fingerprint density at radius 2 is 1.65 bits per heavy atom. The van der Waals surface area contributed by atoms with Gasteiger partial charge < -0.3 is 20.0 Å². The number of hydrogen-bond donors (Lipinski definition) is 3. The molecule has 0 atom stereocenters. The highest BCUT2D eigenvalue weighted by Crippen LogP contribution is 2.46. The minimum absolute atomic E-state index is 0.161. The number of benzene rings is 2. The summed E-state index contributed by atoms with van der Waals surface area (Å²) >= 11 is 3.53. The molecule has 6 nitrogen and oxygen atoms in total. The Hall–Kier alpha value is -2.64. The van der Waals surface area contributed by atoms with E-state index in [2.05, 4.69) is 17.9 Å². The van der Waals surface area contributed by atoms with Crippen molar-refractivity contribution in [3.8, 4) is 0 Å². The number of rotatable bonds is 7. The van der Waals surface area contributed by atoms with Crippen molar-refractivity contribution in [2.24, 2.45) is 5.92 Å². The van der Waals surface area contributed by atoms with E-state index < -0.39 is 0 Å². The zero-order valence-corrected chi connectivity index (χ0v) is 21.2. The van der Waals surface area contributed by atoms with E-state index in [1.807, 2.05) is 42.5 Å². The predicted molar refractivity (Wildman–Crippen MR) is 138 cm³/mol. The van der Waals surface area contributed by atoms with Crippen LogP contribution in [-0.4, -0.2) is 43.7 Å². The smallest absolute Gasteiger partial charge is 0.337 e. The van der Waals surface area contributed by atoms with E-state index in [1.54, 1.807) is 18.4 Å². The molecular formula is C27H37NO5S. The number of ether oxygens (including phenoxy) is 1. The van der Waals surface area contributed by atoms with Gasteiger partial charge in [-0.2, -0.15) is 12.6 Å². The summed E-state index contributed by atoms with van der Waals surface area (Å²) in [5.74, 6) is 0.414. The molecule has 0 heterocycles. The number of aldehydes is 1. The van der Waals surface area contributed by atoms with Crippen LogP contribution in [0.5, 0.6) is 0 Å². The van der Waals surface area contributed by atoms with Crippen molar-refractivity contribution in [2.75, 3.05) is 20.5 Å². The predicted octanol–water partition coefficient (Wildman–Crippen LogP) is 4.35. The van der Waals surface area contributed by atoms with Gasteiger partial charge in [-0.15, -0.1) is 0 Å². The third-order valence-electron chi connectivity index (χ3n) is 5.85. The van der Waals surface area contributed by atoms with Gasteiger partial charge in [-0.1, -0.05) is 48.9 Å². The Kier molecular flexibility index (Phi) is 13.9. The van der Waals surface area contributed by atoms with Gasteiger partial charge in [0.05, 0.1) is 18.2 Å². The van der Waals surface area contributed by atoms with Crippen molar-refractivity contribution in [1.82, 2.24) is 5.32 Å². The topological polar surface area (TPSA) is 92.7 Å². The number of carbonyl (C=O) groups excluding carboxylic acids is 3. The minimum atomic E-state index is -0.333. The summed E-state index contributed by atoms with van der Waals surface area (Å²) in [7, 11) is 2.37. The molecule has 0 spiro atoms. The molecule has 7 heteroatoms. The van der Waals surface area contributed by atoms with Gasteiger partial charge in [0.1, 0.15) is 6.29 Å². The molecule has 0 aliphatic heterocycles. The second kappa shape index (κ2) is 16.1. The average Bonchev–Trinajstić information content (AvgIpc) is 3.65. The lowest BCUT2D eigenvalue weighted by Gasteiger charge is -2.26. The fourth-order valence-corrected chi connectivity index (χ4v) is 3.64. The Labute approximate surface area is 208 Å². The standard InChI is InChI=1S/C17H21NO3.C8H8O.CH4O.CH4S/c1-21-16(20)13-5-7-14(8-6-13)17(9-10-17)18-15(19)11-12-3-2-4-12;9-7-6-8-4-2-1-3-5-8;2*1-2/h5-8,12H,2-4,9-11H2,1H3,(H,18,19);1-5,7H,6H2;2*2H,1H3. The number of aliphatic hydroxyl groups excluding tert-OH is 1. The molecule has 0 radical (unpaired) electrons. The summed E-state index contributed by atoms with van der Waals surface area (Å²) in [6.45, 7) is 0. The number of amides is 1. The average molecular weight is 488 g/mol. The molecule has 0 aromatic heterocycles. The highest BCUT2D eigenvalue weighted by atomic mass is 32.1. The number of methoxy groups -OCH3 is 1. The fourth-order valence-electron chi connectivity index (χ4n) is 3.64. The first-order valence-electron chi connectivity index (χ1n) is 11.4. The van der Waals surface area contributed by atoms with Gasteiger partial charge in [-0.25, -0.2) is 4.79 Å². The second-order valence-electron chi connectivity index (χ2n) is 8.06. The van der Waals surface area contributed by atoms with Gasteiger partial charge in [0.15, 0.2) is 0 Å². The molecule has 2 aliphatic rings. The lowest BCUT2D eigenvalue weighted by Crippen LogP contribution is -2.36. The van der Waals surface area contributed by atoms with Crippen molar-refractivity contribution >= 4 is 30.8 Å². The highest BCUT2D eigenvalue weighted by molar-refractivity contribution is 7.79. The molecule has 2 fully saturated rings. The minimum Gasteiger partial charge on any atom is -0.465 e. The van der Waals surface area contributed by atoms with Crippen LogP contribution >= 0.6 is 12.6 Å². The fraction of sp³-hybridized carbons (Fsp3) is 0.444. The van der Waals surface area contributed by atoms with Crippen molar-refractivity contribution in [2.45, 2.75) is 50.5 Å². The van der Waals surface area contributed by atoms with Gasteiger partial charge in [0.25, 0.3) is 0 Å². The van der Waals surface area contributed by atoms with Crippen LogP contribution in [0.3, 0.4) is 0 Å². The van der Waals surface area contributed by atoms with E-state index in [0.717, 1.165) is 37.4 Å². The molecule has 2 aliphatic carbocycles. The van der Waals surface area contributed by atoms with Gasteiger partial charge in [0.2, 0.25) is 5.91 Å². The van der Waals surface area contributed by atoms with E-state index in [0.29, 0.717) is 24.3 Å². The summed E-state index contributed by atoms with van der Waals surface area (Å²) in [5, 5.41) is 10.2. The molecule has 34 heavy (non-hydrogen) atoms. The quantitative estimate of drug-likeness (QED) is 0.307. The molecule has 2 N–H and O–H groups in total. The maximum atomic E-state index is 12.1. The van der Waals surface area contributed by atoms with Crippen LogP contribution in [0.4, 0.5) is 0 Å². The Morgan fingerprint density at radius 1 is 1.06 bits per heavy atom. The first-order chi connectivity index (χ1) is 16.6. The molecule has 2 saturated carbocycles. The molecule has 0 unspecified atom stereocenters. The monoisotopic (exact) mass is 487 g/mol. The van der Waals surface area contributed by atoms with E-state index in [9.17, 15) is 14.4 Å². The number of hydrogen-bond acceptors (Lipinski definition) is 6. The molecule has 2 aromatic carbocycles. The van der Waals surface area contributed by atoms with Crippen molar-refractivity contribution < 1.29 is 24.2 Å². The molecule has 1 amide bonds. The van der Waals surface area contributed by atoms with Crippen LogP contribution in [0.1, 0.15) is 60.0 Å². The summed E-state index contributed by atoms with van der Waals surface area (Å²) in [4.78, 5) is 33.5. The van der Waals surface area contributed by atoms with Crippen LogP contribution in [0.25, 0.3) is 0 Å². The van der Waals surface area contributed by atoms with Gasteiger partial charge >= 0.3 is 5.97 Å². The molecule has 186 valence electrons. The van der Waals surface area contributed by atoms with Crippen molar-refractivity contribution in [3.05, 3.63) is 71.3 Å². The molecule has 0 saturated heterocycles. The highest BCUT2D eigenvalue weighted by Gasteiger charge is 2.45. The van der Waals surface area contributed by atoms with Crippen molar-refractivity contribution in [3.63, 3.8) is 0 Å². The Balaban J connectivity index is 0.000000373. The summed E-state index contributed by atoms with van der Waals surface area (Å²) in [6.07, 6.45) is 9.38. The third-order valence-corrected chi connectivity index (χ3v) is 5.85. The van der Waals surface area contributed by atoms with Crippen LogP contribution in [0.15, 0.2) is 54.6 Å². The van der Waals surface area contributed by atoms with Crippen LogP contribution in [0.2, 0.25) is 0 Å². The van der Waals surface area contributed by atoms with E-state index in [1.165, 1.54) is 26.4 Å². The normalized spacial score (nSPS) is 14.7. The third kappa shape index (κ3) is 9.31. The summed E-state index contributed by atoms with van der Waals surface area (Å²) < 4.78 is 4.70.